The first-order valence-corrected chi connectivity index (χ1v) is 5.78. The molecule has 0 spiro atoms. The van der Waals surface area contributed by atoms with Crippen LogP contribution in [0.4, 0.5) is 5.82 Å². The molecule has 2 heterocycles. The van der Waals surface area contributed by atoms with Crippen molar-refractivity contribution >= 4 is 16.9 Å². The van der Waals surface area contributed by atoms with E-state index in [1.54, 1.807) is 12.5 Å². The molecule has 0 unspecified atom stereocenters. The molecule has 2 rings (SSSR count). The van der Waals surface area contributed by atoms with E-state index in [1.165, 1.54) is 0 Å². The lowest BCUT2D eigenvalue weighted by molar-refractivity contribution is 0.525. The highest BCUT2D eigenvalue weighted by molar-refractivity contribution is 5.85. The summed E-state index contributed by atoms with van der Waals surface area (Å²) >= 11 is 0. The molecule has 3 N–H and O–H groups in total. The number of pyridine rings is 1. The van der Waals surface area contributed by atoms with Gasteiger partial charge in [0.15, 0.2) is 5.82 Å². The van der Waals surface area contributed by atoms with Crippen LogP contribution in [0.3, 0.4) is 0 Å². The quantitative estimate of drug-likeness (QED) is 0.840. The summed E-state index contributed by atoms with van der Waals surface area (Å²) in [5.74, 6) is 0.821. The van der Waals surface area contributed by atoms with Crippen LogP contribution < -0.4 is 11.1 Å². The smallest absolute Gasteiger partial charge is 0.154 e. The van der Waals surface area contributed by atoms with Crippen molar-refractivity contribution in [2.75, 3.05) is 11.9 Å². The molecule has 0 amide bonds. The molecule has 2 aromatic heterocycles. The summed E-state index contributed by atoms with van der Waals surface area (Å²) in [4.78, 5) is 8.73. The number of nitrogens with two attached hydrogens (primary N) is 1. The highest BCUT2D eigenvalue weighted by Gasteiger charge is 2.18. The molecule has 0 aliphatic heterocycles. The number of aryl methyl sites for hydroxylation is 1. The third-order valence-electron chi connectivity index (χ3n) is 2.87. The summed E-state index contributed by atoms with van der Waals surface area (Å²) in [6.45, 7) is 4.88. The Morgan fingerprint density at radius 2 is 2.18 bits per heavy atom. The molecule has 0 saturated carbocycles. The normalized spacial score (nSPS) is 12.0. The van der Waals surface area contributed by atoms with Crippen molar-refractivity contribution in [3.8, 4) is 0 Å². The number of rotatable bonds is 4. The molecular weight excluding hydrogens is 214 g/mol. The van der Waals surface area contributed by atoms with Gasteiger partial charge in [-0.25, -0.2) is 9.97 Å². The highest BCUT2D eigenvalue weighted by atomic mass is 15.1. The van der Waals surface area contributed by atoms with Crippen LogP contribution >= 0.6 is 0 Å². The number of aromatic nitrogens is 3. The zero-order valence-electron chi connectivity index (χ0n) is 10.6. The number of nitrogens with zero attached hydrogens (tertiary/aromatic N) is 3. The van der Waals surface area contributed by atoms with Crippen LogP contribution in [0.2, 0.25) is 0 Å². The third-order valence-corrected chi connectivity index (χ3v) is 2.87. The fourth-order valence-electron chi connectivity index (χ4n) is 1.90. The van der Waals surface area contributed by atoms with Gasteiger partial charge >= 0.3 is 0 Å². The zero-order valence-corrected chi connectivity index (χ0v) is 10.6. The van der Waals surface area contributed by atoms with Crippen molar-refractivity contribution in [2.45, 2.75) is 25.8 Å². The first kappa shape index (κ1) is 11.9. The first-order valence-electron chi connectivity index (χ1n) is 5.78. The van der Waals surface area contributed by atoms with Crippen LogP contribution in [0.5, 0.6) is 0 Å². The van der Waals surface area contributed by atoms with Gasteiger partial charge in [-0.1, -0.05) is 0 Å². The van der Waals surface area contributed by atoms with E-state index < -0.39 is 0 Å². The molecule has 17 heavy (non-hydrogen) atoms. The van der Waals surface area contributed by atoms with Crippen LogP contribution in [0, 0.1) is 0 Å². The zero-order chi connectivity index (χ0) is 12.5. The van der Waals surface area contributed by atoms with Crippen molar-refractivity contribution in [2.24, 2.45) is 12.8 Å². The van der Waals surface area contributed by atoms with Gasteiger partial charge in [-0.15, -0.1) is 0 Å². The second-order valence-corrected chi connectivity index (χ2v) is 4.93. The van der Waals surface area contributed by atoms with Crippen molar-refractivity contribution in [3.63, 3.8) is 0 Å². The van der Waals surface area contributed by atoms with E-state index in [2.05, 4.69) is 29.1 Å². The van der Waals surface area contributed by atoms with E-state index in [-0.39, 0.29) is 5.54 Å². The van der Waals surface area contributed by atoms with Crippen molar-refractivity contribution in [1.29, 1.82) is 0 Å². The van der Waals surface area contributed by atoms with Gasteiger partial charge in [-0.2, -0.15) is 0 Å². The van der Waals surface area contributed by atoms with Gasteiger partial charge < -0.3 is 15.6 Å². The Morgan fingerprint density at radius 3 is 2.88 bits per heavy atom. The minimum absolute atomic E-state index is 0.0758. The average Bonchev–Trinajstić information content (AvgIpc) is 2.61. The number of imidazole rings is 1. The van der Waals surface area contributed by atoms with E-state index in [0.717, 1.165) is 23.3 Å². The van der Waals surface area contributed by atoms with Gasteiger partial charge in [0.25, 0.3) is 0 Å². The molecule has 0 fully saturated rings. The molecular formula is C12H19N5. The van der Waals surface area contributed by atoms with Crippen LogP contribution in [0.1, 0.15) is 20.3 Å². The minimum atomic E-state index is -0.0758. The molecule has 0 aromatic carbocycles. The standard InChI is InChI=1S/C12H19N5/c1-12(2,5-6-13)16-11-10-9(4-7-14-11)17(3)8-15-10/h4,7-8H,5-6,13H2,1-3H3,(H,14,16). The fourth-order valence-corrected chi connectivity index (χ4v) is 1.90. The van der Waals surface area contributed by atoms with E-state index in [4.69, 9.17) is 5.73 Å². The number of fused-ring (bicyclic) bond motifs is 1. The second-order valence-electron chi connectivity index (χ2n) is 4.93. The molecule has 0 saturated heterocycles. The molecule has 5 nitrogen and oxygen atoms in total. The minimum Gasteiger partial charge on any atom is -0.363 e. The summed E-state index contributed by atoms with van der Waals surface area (Å²) in [6.07, 6.45) is 4.48. The molecule has 5 heteroatoms. The molecule has 0 aliphatic carbocycles. The average molecular weight is 233 g/mol. The molecule has 92 valence electrons. The van der Waals surface area contributed by atoms with Crippen LogP contribution in [0.15, 0.2) is 18.6 Å². The second kappa shape index (κ2) is 4.33. The van der Waals surface area contributed by atoms with E-state index in [0.29, 0.717) is 6.54 Å². The van der Waals surface area contributed by atoms with Gasteiger partial charge in [-0.3, -0.25) is 0 Å². The van der Waals surface area contributed by atoms with Gasteiger partial charge in [0.2, 0.25) is 0 Å². The predicted molar refractivity (Wildman–Crippen MR) is 69.9 cm³/mol. The van der Waals surface area contributed by atoms with Crippen LogP contribution in [-0.2, 0) is 7.05 Å². The number of hydrogen-bond acceptors (Lipinski definition) is 4. The topological polar surface area (TPSA) is 68.8 Å². The van der Waals surface area contributed by atoms with Gasteiger partial charge in [0, 0.05) is 18.8 Å². The lowest BCUT2D eigenvalue weighted by atomic mass is 10.0. The van der Waals surface area contributed by atoms with Gasteiger partial charge in [0.1, 0.15) is 5.52 Å². The maximum absolute atomic E-state index is 5.60. The summed E-state index contributed by atoms with van der Waals surface area (Å²) in [6, 6.07) is 1.96. The Morgan fingerprint density at radius 1 is 1.41 bits per heavy atom. The van der Waals surface area contributed by atoms with Crippen molar-refractivity contribution in [1.82, 2.24) is 14.5 Å². The number of anilines is 1. The predicted octanol–water partition coefficient (Wildman–Crippen LogP) is 1.51. The Bertz CT molecular complexity index is 515. The van der Waals surface area contributed by atoms with Crippen LogP contribution in [0.25, 0.3) is 11.0 Å². The highest BCUT2D eigenvalue weighted by Crippen LogP contribution is 2.23. The Kier molecular flexibility index (Phi) is 3.02. The summed E-state index contributed by atoms with van der Waals surface area (Å²) in [5.41, 5.74) is 7.51. The van der Waals surface area contributed by atoms with E-state index in [9.17, 15) is 0 Å². The first-order chi connectivity index (χ1) is 8.03. The van der Waals surface area contributed by atoms with E-state index in [1.807, 2.05) is 17.7 Å². The van der Waals surface area contributed by atoms with Crippen molar-refractivity contribution in [3.05, 3.63) is 18.6 Å². The lowest BCUT2D eigenvalue weighted by Crippen LogP contribution is -2.33. The van der Waals surface area contributed by atoms with Gasteiger partial charge in [-0.05, 0) is 32.9 Å². The third kappa shape index (κ3) is 2.39. The molecule has 0 aliphatic rings. The summed E-state index contributed by atoms with van der Waals surface area (Å²) in [7, 11) is 1.98. The van der Waals surface area contributed by atoms with E-state index >= 15 is 0 Å². The molecule has 2 aromatic rings. The molecule has 0 radical (unpaired) electrons. The Hall–Kier alpha value is -1.62. The van der Waals surface area contributed by atoms with Crippen molar-refractivity contribution < 1.29 is 0 Å². The van der Waals surface area contributed by atoms with Gasteiger partial charge in [0.05, 0.1) is 11.8 Å². The molecule has 0 bridgehead atoms. The maximum atomic E-state index is 5.60. The number of hydrogen-bond donors (Lipinski definition) is 2. The Labute approximate surface area is 101 Å². The summed E-state index contributed by atoms with van der Waals surface area (Å²) < 4.78 is 1.98. The summed E-state index contributed by atoms with van der Waals surface area (Å²) in [5, 5.41) is 3.41. The monoisotopic (exact) mass is 233 g/mol. The SMILES string of the molecule is Cn1cnc2c(NC(C)(C)CCN)nccc21. The largest absolute Gasteiger partial charge is 0.363 e. The maximum Gasteiger partial charge on any atom is 0.154 e. The van der Waals surface area contributed by atoms with Crippen LogP contribution in [-0.4, -0.2) is 26.6 Å². The number of nitrogens with one attached hydrogen (secondary N) is 1. The lowest BCUT2D eigenvalue weighted by Gasteiger charge is -2.26. The fraction of sp³-hybridized carbons (Fsp3) is 0.500. The molecule has 0 atom stereocenters. The Balaban J connectivity index is 2.36.